The summed E-state index contributed by atoms with van der Waals surface area (Å²) >= 11 is 0. The average molecular weight is 912 g/mol. The fourth-order valence-electron chi connectivity index (χ4n) is 6.77. The molecule has 0 aliphatic rings. The summed E-state index contributed by atoms with van der Waals surface area (Å²) in [5.41, 5.74) is 15.3. The summed E-state index contributed by atoms with van der Waals surface area (Å²) in [5, 5.41) is 24.1. The van der Waals surface area contributed by atoms with Gasteiger partial charge in [0.15, 0.2) is 0 Å². The fourth-order valence-corrected chi connectivity index (χ4v) is 6.77. The molecular weight excluding hydrogens is 859 g/mol. The molecule has 7 N–H and O–H groups in total. The number of nitrogens with two attached hydrogens (primary N) is 2. The van der Waals surface area contributed by atoms with Crippen LogP contribution >= 0.6 is 24.8 Å². The molecule has 0 atom stereocenters. The molecule has 0 unspecified atom stereocenters. The van der Waals surface area contributed by atoms with Crippen LogP contribution in [-0.4, -0.2) is 101 Å². The number of aliphatic hydroxyl groups is 1. The van der Waals surface area contributed by atoms with Crippen LogP contribution in [0.25, 0.3) is 22.1 Å². The lowest BCUT2D eigenvalue weighted by molar-refractivity contribution is 0.0991. The summed E-state index contributed by atoms with van der Waals surface area (Å²) in [7, 11) is 1.59. The van der Waals surface area contributed by atoms with Crippen LogP contribution in [0.2, 0.25) is 0 Å². The number of hydrogen-bond donors (Lipinski definition) is 5. The molecule has 0 radical (unpaired) electrons. The molecule has 0 saturated carbocycles. The van der Waals surface area contributed by atoms with Gasteiger partial charge in [0.2, 0.25) is 23.7 Å². The molecule has 338 valence electrons. The molecule has 0 aliphatic carbocycles. The molecule has 2 aromatic carbocycles. The number of nitrogens with zero attached hydrogens (tertiary/aromatic N) is 8. The minimum atomic E-state index is -0.703. The SMILES string of the molecule is CCn1nc(C)cc1C(=O)Nc1nc2cc(C(N)=O)cc(OCCCO)c2n1C/C=C/Cn1c(NC(=O)c2cc(C)nn2CC)nc2cc(C(N)=O)cc(OCCCOC)c21.Cl.Cl. The van der Waals surface area contributed by atoms with Crippen LogP contribution in [0, 0.1) is 13.8 Å². The second-order valence-electron chi connectivity index (χ2n) is 14.0. The smallest absolute Gasteiger partial charge is 0.276 e. The maximum atomic E-state index is 13.7. The zero-order chi connectivity index (χ0) is 43.8. The van der Waals surface area contributed by atoms with E-state index in [2.05, 4.69) is 20.8 Å². The third-order valence-electron chi connectivity index (χ3n) is 9.55. The number of rotatable bonds is 21. The average Bonchev–Trinajstić information content (AvgIpc) is 4.00. The second kappa shape index (κ2) is 22.0. The van der Waals surface area contributed by atoms with Crippen LogP contribution in [0.5, 0.6) is 11.5 Å². The van der Waals surface area contributed by atoms with Gasteiger partial charge in [-0.1, -0.05) is 12.2 Å². The highest BCUT2D eigenvalue weighted by molar-refractivity contribution is 6.05. The Balaban J connectivity index is 0.00000436. The number of benzene rings is 2. The number of primary amides is 2. The number of aliphatic hydroxyl groups excluding tert-OH is 1. The quantitative estimate of drug-likeness (QED) is 0.0497. The van der Waals surface area contributed by atoms with E-state index >= 15 is 0 Å². The first-order chi connectivity index (χ1) is 29.4. The van der Waals surface area contributed by atoms with E-state index in [9.17, 15) is 24.3 Å². The normalized spacial score (nSPS) is 11.1. The minimum absolute atomic E-state index is 0. The maximum absolute atomic E-state index is 13.7. The molecular formula is C41H52Cl2N12O8. The monoisotopic (exact) mass is 910 g/mol. The molecule has 0 fully saturated rings. The third-order valence-corrected chi connectivity index (χ3v) is 9.55. The number of imidazole rings is 2. The molecule has 6 aromatic rings. The van der Waals surface area contributed by atoms with E-state index in [-0.39, 0.29) is 86.5 Å². The second-order valence-corrected chi connectivity index (χ2v) is 14.0. The number of nitrogens with one attached hydrogen (secondary N) is 2. The molecule has 0 bridgehead atoms. The Labute approximate surface area is 374 Å². The number of carbonyl (C=O) groups excluding carboxylic acids is 4. The zero-order valence-corrected chi connectivity index (χ0v) is 37.2. The summed E-state index contributed by atoms with van der Waals surface area (Å²) in [4.78, 5) is 61.7. The Morgan fingerprint density at radius 1 is 0.683 bits per heavy atom. The van der Waals surface area contributed by atoms with Crippen LogP contribution in [0.4, 0.5) is 11.9 Å². The summed E-state index contributed by atoms with van der Waals surface area (Å²) in [5.74, 6) is -1.40. The lowest BCUT2D eigenvalue weighted by Crippen LogP contribution is -2.20. The molecule has 0 saturated heterocycles. The van der Waals surface area contributed by atoms with Gasteiger partial charge in [-0.05, 0) is 64.1 Å². The highest BCUT2D eigenvalue weighted by atomic mass is 35.5. The Hall–Kier alpha value is -6.48. The van der Waals surface area contributed by atoms with Crippen LogP contribution < -0.4 is 31.6 Å². The summed E-state index contributed by atoms with van der Waals surface area (Å²) < 4.78 is 24.0. The lowest BCUT2D eigenvalue weighted by Gasteiger charge is -2.14. The maximum Gasteiger partial charge on any atom is 0.276 e. The van der Waals surface area contributed by atoms with E-state index in [1.54, 1.807) is 51.6 Å². The number of carbonyl (C=O) groups is 4. The molecule has 20 nitrogen and oxygen atoms in total. The van der Waals surface area contributed by atoms with Gasteiger partial charge in [0, 0.05) is 70.5 Å². The van der Waals surface area contributed by atoms with Gasteiger partial charge >= 0.3 is 0 Å². The van der Waals surface area contributed by atoms with E-state index in [0.717, 1.165) is 0 Å². The van der Waals surface area contributed by atoms with Gasteiger partial charge < -0.3 is 39.9 Å². The summed E-state index contributed by atoms with van der Waals surface area (Å²) in [6.45, 7) is 9.22. The number of methoxy groups -OCH3 is 1. The molecule has 0 aliphatic heterocycles. The van der Waals surface area contributed by atoms with Gasteiger partial charge in [-0.25, -0.2) is 9.97 Å². The summed E-state index contributed by atoms with van der Waals surface area (Å²) in [6.07, 6.45) is 4.52. The number of ether oxygens (including phenoxy) is 3. The van der Waals surface area contributed by atoms with Crippen molar-refractivity contribution in [1.29, 1.82) is 0 Å². The lowest BCUT2D eigenvalue weighted by atomic mass is 10.1. The highest BCUT2D eigenvalue weighted by Crippen LogP contribution is 2.33. The fraction of sp³-hybridized carbons (Fsp3) is 0.366. The van der Waals surface area contributed by atoms with Gasteiger partial charge in [0.05, 0.1) is 35.6 Å². The molecule has 0 spiro atoms. The van der Waals surface area contributed by atoms with Gasteiger partial charge in [-0.3, -0.25) is 39.2 Å². The number of anilines is 2. The Bertz CT molecular complexity index is 2630. The van der Waals surface area contributed by atoms with E-state index in [0.29, 0.717) is 83.1 Å². The number of aryl methyl sites for hydroxylation is 4. The van der Waals surface area contributed by atoms with Crippen molar-refractivity contribution in [1.82, 2.24) is 38.7 Å². The van der Waals surface area contributed by atoms with Crippen LogP contribution in [0.15, 0.2) is 48.6 Å². The first kappa shape index (κ1) is 49.2. The predicted molar refractivity (Wildman–Crippen MR) is 241 cm³/mol. The van der Waals surface area contributed by atoms with Crippen LogP contribution in [0.3, 0.4) is 0 Å². The van der Waals surface area contributed by atoms with Crippen molar-refractivity contribution < 1.29 is 38.5 Å². The van der Waals surface area contributed by atoms with E-state index < -0.39 is 23.6 Å². The van der Waals surface area contributed by atoms with Crippen LogP contribution in [-0.2, 0) is 30.9 Å². The first-order valence-corrected chi connectivity index (χ1v) is 19.8. The zero-order valence-electron chi connectivity index (χ0n) is 35.5. The van der Waals surface area contributed by atoms with Crippen LogP contribution in [0.1, 0.15) is 79.8 Å². The van der Waals surface area contributed by atoms with E-state index in [4.69, 9.17) is 35.6 Å². The molecule has 4 heterocycles. The van der Waals surface area contributed by atoms with Gasteiger partial charge in [0.1, 0.15) is 33.9 Å². The van der Waals surface area contributed by atoms with Crippen molar-refractivity contribution in [3.8, 4) is 11.5 Å². The number of aromatic nitrogens is 8. The van der Waals surface area contributed by atoms with Gasteiger partial charge in [-0.2, -0.15) is 10.2 Å². The van der Waals surface area contributed by atoms with E-state index in [1.165, 1.54) is 24.3 Å². The van der Waals surface area contributed by atoms with E-state index in [1.807, 2.05) is 26.0 Å². The Morgan fingerprint density at radius 3 is 1.49 bits per heavy atom. The molecule has 22 heteroatoms. The molecule has 63 heavy (non-hydrogen) atoms. The number of amides is 4. The van der Waals surface area contributed by atoms with Gasteiger partial charge in [-0.15, -0.1) is 24.8 Å². The van der Waals surface area contributed by atoms with Crippen molar-refractivity contribution in [3.63, 3.8) is 0 Å². The Morgan fingerprint density at radius 2 is 1.11 bits per heavy atom. The largest absolute Gasteiger partial charge is 0.491 e. The standard InChI is InChI=1S/C41H50N12O8.2ClH/c1-6-52-30(18-24(3)48-52)38(57)46-40-44-28-20-26(36(42)55)22-32(60-16-10-14-54)34(28)50(40)12-8-9-13-51-35-29(21-27(37(43)56)23-33(35)61-17-11-15-59-5)45-41(51)47-39(58)31-19-25(4)49-53(31)7-2;;/h8-9,18-23,54H,6-7,10-17H2,1-5H3,(H2,42,55)(H2,43,56)(H,44,46,57)(H,45,47,58);2*1H/b9-8+;;. The van der Waals surface area contributed by atoms with Crippen molar-refractivity contribution in [2.24, 2.45) is 11.5 Å². The number of halogens is 2. The molecule has 4 aromatic heterocycles. The van der Waals surface area contributed by atoms with Crippen molar-refractivity contribution in [2.45, 2.75) is 66.7 Å². The van der Waals surface area contributed by atoms with Crippen molar-refractivity contribution in [2.75, 3.05) is 44.2 Å². The predicted octanol–water partition coefficient (Wildman–Crippen LogP) is 4.41. The minimum Gasteiger partial charge on any atom is -0.491 e. The molecule has 4 amide bonds. The summed E-state index contributed by atoms with van der Waals surface area (Å²) in [6, 6.07) is 9.44. The van der Waals surface area contributed by atoms with Crippen molar-refractivity contribution >= 4 is 82.4 Å². The number of fused-ring (bicyclic) bond motifs is 2. The topological polar surface area (TPSA) is 264 Å². The number of hydrogen-bond acceptors (Lipinski definition) is 12. The van der Waals surface area contributed by atoms with Crippen molar-refractivity contribution in [3.05, 3.63) is 82.5 Å². The Kier molecular flexibility index (Phi) is 17.2. The highest BCUT2D eigenvalue weighted by Gasteiger charge is 2.24. The first-order valence-electron chi connectivity index (χ1n) is 19.8. The number of allylic oxidation sites excluding steroid dienone is 2. The van der Waals surface area contributed by atoms with Gasteiger partial charge in [0.25, 0.3) is 11.8 Å². The molecule has 6 rings (SSSR count). The third kappa shape index (κ3) is 11.1.